The van der Waals surface area contributed by atoms with Gasteiger partial charge in [0, 0.05) is 43.4 Å². The van der Waals surface area contributed by atoms with Crippen LogP contribution in [-0.2, 0) is 14.3 Å². The van der Waals surface area contributed by atoms with Crippen molar-refractivity contribution in [2.45, 2.75) is 75.3 Å². The van der Waals surface area contributed by atoms with Gasteiger partial charge in [-0.25, -0.2) is 4.79 Å². The lowest BCUT2D eigenvalue weighted by Crippen LogP contribution is -2.37. The van der Waals surface area contributed by atoms with Crippen molar-refractivity contribution in [3.63, 3.8) is 0 Å². The smallest absolute Gasteiger partial charge is 0.330 e. The first-order chi connectivity index (χ1) is 15.7. The lowest BCUT2D eigenvalue weighted by atomic mass is 9.87. The summed E-state index contributed by atoms with van der Waals surface area (Å²) in [5.41, 5.74) is 0. The Morgan fingerprint density at radius 1 is 0.938 bits per heavy atom. The monoisotopic (exact) mass is 458 g/mol. The van der Waals surface area contributed by atoms with Crippen LogP contribution in [0.15, 0.2) is 12.7 Å². The average Bonchev–Trinajstić information content (AvgIpc) is 3.36. The molecule has 5 nitrogen and oxygen atoms in total. The molecule has 0 aromatic rings. The third-order valence-electron chi connectivity index (χ3n) is 6.24. The van der Waals surface area contributed by atoms with E-state index in [-0.39, 0.29) is 5.97 Å². The van der Waals surface area contributed by atoms with Crippen LogP contribution in [-0.4, -0.2) is 55.5 Å². The summed E-state index contributed by atoms with van der Waals surface area (Å²) < 4.78 is 11.0. The fraction of sp³-hybridized carbons (Fsp3) is 0.731. The zero-order valence-corrected chi connectivity index (χ0v) is 20.0. The van der Waals surface area contributed by atoms with Crippen molar-refractivity contribution >= 4 is 17.7 Å². The first-order valence-electron chi connectivity index (χ1n) is 12.2. The second-order valence-corrected chi connectivity index (χ2v) is 10.0. The number of unbranched alkanes of at least 4 members (excludes halogenated alkanes) is 2. The average molecular weight is 459 g/mol. The third-order valence-corrected chi connectivity index (χ3v) is 7.30. The number of esters is 1. The quantitative estimate of drug-likeness (QED) is 0.251. The molecule has 2 saturated heterocycles. The summed E-state index contributed by atoms with van der Waals surface area (Å²) >= 11 is 1.91. The van der Waals surface area contributed by atoms with Crippen molar-refractivity contribution in [3.8, 4) is 23.7 Å². The van der Waals surface area contributed by atoms with Gasteiger partial charge in [-0.05, 0) is 57.8 Å². The van der Waals surface area contributed by atoms with E-state index in [1.165, 1.54) is 11.8 Å². The number of thioether (sulfide) groups is 1. The molecule has 2 N–H and O–H groups in total. The van der Waals surface area contributed by atoms with E-state index in [1.54, 1.807) is 0 Å². The largest absolute Gasteiger partial charge is 0.463 e. The third kappa shape index (κ3) is 9.59. The van der Waals surface area contributed by atoms with Gasteiger partial charge in [0.25, 0.3) is 0 Å². The van der Waals surface area contributed by atoms with Crippen LogP contribution < -0.4 is 10.6 Å². The molecule has 32 heavy (non-hydrogen) atoms. The standard InChI is InChI=1S/C26H38N2O3S/c1-2-26(29)31-18-5-3-4-17-30-24-13-8-21(9-14-24)6-11-23-12-7-22(20-28-23)10-15-25-27-16-19-32-25/h2,21-25,27-28H,1,3-5,7-9,12-14,16-20H2. The molecule has 3 atom stereocenters. The molecule has 0 amide bonds. The summed E-state index contributed by atoms with van der Waals surface area (Å²) in [6.45, 7) is 6.69. The summed E-state index contributed by atoms with van der Waals surface area (Å²) in [6, 6.07) is 0.326. The molecule has 0 spiro atoms. The number of carbonyl (C=O) groups is 1. The van der Waals surface area contributed by atoms with Crippen molar-refractivity contribution in [3.05, 3.63) is 12.7 Å². The van der Waals surface area contributed by atoms with Crippen LogP contribution in [0.5, 0.6) is 0 Å². The van der Waals surface area contributed by atoms with Crippen LogP contribution in [0.4, 0.5) is 0 Å². The Morgan fingerprint density at radius 3 is 2.44 bits per heavy atom. The van der Waals surface area contributed by atoms with E-state index in [2.05, 4.69) is 40.9 Å². The zero-order valence-electron chi connectivity index (χ0n) is 19.2. The van der Waals surface area contributed by atoms with Gasteiger partial charge in [-0.15, -0.1) is 11.8 Å². The highest BCUT2D eigenvalue weighted by atomic mass is 32.2. The van der Waals surface area contributed by atoms with Crippen molar-refractivity contribution in [2.75, 3.05) is 32.1 Å². The van der Waals surface area contributed by atoms with Gasteiger partial charge in [-0.1, -0.05) is 30.3 Å². The Bertz CT molecular complexity index is 698. The molecular formula is C26H38N2O3S. The minimum Gasteiger partial charge on any atom is -0.463 e. The predicted octanol–water partition coefficient (Wildman–Crippen LogP) is 3.50. The van der Waals surface area contributed by atoms with E-state index in [1.807, 2.05) is 11.8 Å². The molecule has 2 aliphatic heterocycles. The topological polar surface area (TPSA) is 59.6 Å². The molecule has 0 radical (unpaired) electrons. The Kier molecular flexibility index (Phi) is 11.5. The maximum atomic E-state index is 11.0. The van der Waals surface area contributed by atoms with E-state index < -0.39 is 0 Å². The molecule has 6 heteroatoms. The molecule has 3 fully saturated rings. The minimum atomic E-state index is -0.342. The van der Waals surface area contributed by atoms with Crippen LogP contribution in [0, 0.1) is 35.5 Å². The molecule has 2 heterocycles. The number of hydrogen-bond acceptors (Lipinski definition) is 6. The van der Waals surface area contributed by atoms with E-state index >= 15 is 0 Å². The summed E-state index contributed by atoms with van der Waals surface area (Å²) in [5, 5.41) is 7.34. The number of ether oxygens (including phenoxy) is 2. The Balaban J connectivity index is 1.21. The molecule has 3 unspecified atom stereocenters. The fourth-order valence-electron chi connectivity index (χ4n) is 4.27. The lowest BCUT2D eigenvalue weighted by molar-refractivity contribution is -0.137. The van der Waals surface area contributed by atoms with Crippen LogP contribution >= 0.6 is 11.8 Å². The predicted molar refractivity (Wildman–Crippen MR) is 131 cm³/mol. The second kappa shape index (κ2) is 14.7. The van der Waals surface area contributed by atoms with Crippen molar-refractivity contribution in [2.24, 2.45) is 11.8 Å². The van der Waals surface area contributed by atoms with Crippen LogP contribution in [0.2, 0.25) is 0 Å². The summed E-state index contributed by atoms with van der Waals surface area (Å²) in [5.74, 6) is 15.7. The van der Waals surface area contributed by atoms with Crippen LogP contribution in [0.1, 0.15) is 57.8 Å². The van der Waals surface area contributed by atoms with E-state index in [9.17, 15) is 4.79 Å². The first-order valence-corrected chi connectivity index (χ1v) is 13.3. The van der Waals surface area contributed by atoms with Crippen LogP contribution in [0.25, 0.3) is 0 Å². The molecule has 1 aliphatic carbocycles. The SMILES string of the molecule is C=CC(=O)OCCCCCOC1CCC(C#CC2CCC(C#CC3NCCS3)CN2)CC1. The Hall–Kier alpha value is -1.44. The van der Waals surface area contributed by atoms with Crippen molar-refractivity contribution < 1.29 is 14.3 Å². The Labute approximate surface area is 198 Å². The van der Waals surface area contributed by atoms with E-state index in [0.29, 0.717) is 36.0 Å². The summed E-state index contributed by atoms with van der Waals surface area (Å²) in [4.78, 5) is 11.0. The minimum absolute atomic E-state index is 0.326. The van der Waals surface area contributed by atoms with Gasteiger partial charge >= 0.3 is 5.97 Å². The lowest BCUT2D eigenvalue weighted by Gasteiger charge is -2.26. The second-order valence-electron chi connectivity index (χ2n) is 8.79. The van der Waals surface area contributed by atoms with Gasteiger partial charge in [-0.3, -0.25) is 5.32 Å². The normalized spacial score (nSPS) is 29.8. The molecule has 3 rings (SSSR count). The summed E-state index contributed by atoms with van der Waals surface area (Å²) in [7, 11) is 0. The fourth-order valence-corrected chi connectivity index (χ4v) is 5.13. The van der Waals surface area contributed by atoms with Gasteiger partial charge in [0.15, 0.2) is 0 Å². The van der Waals surface area contributed by atoms with Gasteiger partial charge in [0.05, 0.1) is 18.8 Å². The number of piperidine rings is 1. The number of carbonyl (C=O) groups excluding carboxylic acids is 1. The Morgan fingerprint density at radius 2 is 1.72 bits per heavy atom. The molecule has 3 aliphatic rings. The number of hydrogen-bond donors (Lipinski definition) is 2. The number of nitrogens with one attached hydrogen (secondary N) is 2. The van der Waals surface area contributed by atoms with Gasteiger partial charge in [0.1, 0.15) is 5.37 Å². The first kappa shape index (κ1) is 25.2. The van der Waals surface area contributed by atoms with E-state index in [4.69, 9.17) is 9.47 Å². The zero-order chi connectivity index (χ0) is 22.4. The van der Waals surface area contributed by atoms with Gasteiger partial charge in [0.2, 0.25) is 0 Å². The molecule has 176 valence electrons. The molecule has 0 aromatic carbocycles. The molecule has 1 saturated carbocycles. The van der Waals surface area contributed by atoms with Crippen molar-refractivity contribution in [1.82, 2.24) is 10.6 Å². The van der Waals surface area contributed by atoms with Gasteiger partial charge < -0.3 is 14.8 Å². The maximum Gasteiger partial charge on any atom is 0.330 e. The molecular weight excluding hydrogens is 420 g/mol. The summed E-state index contributed by atoms with van der Waals surface area (Å²) in [6.07, 6.45) is 11.2. The maximum absolute atomic E-state index is 11.0. The highest BCUT2D eigenvalue weighted by Crippen LogP contribution is 2.26. The van der Waals surface area contributed by atoms with Gasteiger partial charge in [-0.2, -0.15) is 0 Å². The highest BCUT2D eigenvalue weighted by Gasteiger charge is 2.21. The molecule has 0 aromatic heterocycles. The number of rotatable bonds is 8. The van der Waals surface area contributed by atoms with E-state index in [0.717, 1.165) is 77.5 Å². The highest BCUT2D eigenvalue weighted by molar-refractivity contribution is 8.00. The molecule has 0 bridgehead atoms. The van der Waals surface area contributed by atoms with Crippen molar-refractivity contribution in [1.29, 1.82) is 0 Å². The van der Waals surface area contributed by atoms with Crippen LogP contribution in [0.3, 0.4) is 0 Å².